The number of aromatic nitrogens is 4. The van der Waals surface area contributed by atoms with E-state index in [4.69, 9.17) is 31.5 Å². The number of esters is 1. The van der Waals surface area contributed by atoms with Crippen LogP contribution in [0.3, 0.4) is 0 Å². The summed E-state index contributed by atoms with van der Waals surface area (Å²) in [5.74, 6) is -1.94. The van der Waals surface area contributed by atoms with Gasteiger partial charge in [0.15, 0.2) is 29.6 Å². The first-order valence-electron chi connectivity index (χ1n) is 14.4. The SMILES string of the molecule is CCOC(=O)C(Cc1ccc(NC(=O)c2ccccc2C)cc1)(OC[C@H]1O[C@@H](n2cnc3c(N)nc(Cl)nc32)[C@@H](F)[C@@H]1O)C(C)=O. The Kier molecular flexibility index (Phi) is 9.63. The van der Waals surface area contributed by atoms with Crippen LogP contribution < -0.4 is 11.1 Å². The maximum atomic E-state index is 15.4. The molecule has 1 unspecified atom stereocenters. The van der Waals surface area contributed by atoms with Gasteiger partial charge in [-0.05, 0) is 61.7 Å². The van der Waals surface area contributed by atoms with E-state index < -0.39 is 48.6 Å². The van der Waals surface area contributed by atoms with Gasteiger partial charge in [-0.25, -0.2) is 14.2 Å². The monoisotopic (exact) mass is 654 g/mol. The predicted molar refractivity (Wildman–Crippen MR) is 165 cm³/mol. The molecular formula is C31H32ClFN6O7. The van der Waals surface area contributed by atoms with E-state index in [1.165, 1.54) is 17.8 Å². The number of ether oxygens (including phenoxy) is 3. The zero-order chi connectivity index (χ0) is 33.2. The predicted octanol–water partition coefficient (Wildman–Crippen LogP) is 3.37. The first-order chi connectivity index (χ1) is 21.9. The van der Waals surface area contributed by atoms with Gasteiger partial charge in [0.1, 0.15) is 17.7 Å². The normalized spacial score (nSPS) is 20.7. The molecule has 1 aliphatic heterocycles. The number of nitrogens with one attached hydrogen (secondary N) is 1. The number of fused-ring (bicyclic) bond motifs is 1. The molecule has 1 amide bonds. The second kappa shape index (κ2) is 13.5. The molecule has 0 radical (unpaired) electrons. The number of rotatable bonds is 11. The second-order valence-corrected chi connectivity index (χ2v) is 11.1. The third-order valence-electron chi connectivity index (χ3n) is 7.71. The number of halogens is 2. The average Bonchev–Trinajstić information content (AvgIpc) is 3.56. The van der Waals surface area contributed by atoms with Crippen molar-refractivity contribution < 1.29 is 38.1 Å². The fourth-order valence-corrected chi connectivity index (χ4v) is 5.38. The molecule has 0 aliphatic carbocycles. The van der Waals surface area contributed by atoms with Crippen molar-refractivity contribution in [2.45, 2.75) is 57.4 Å². The van der Waals surface area contributed by atoms with Crippen molar-refractivity contribution in [2.24, 2.45) is 0 Å². The summed E-state index contributed by atoms with van der Waals surface area (Å²) in [4.78, 5) is 51.1. The summed E-state index contributed by atoms with van der Waals surface area (Å²) in [6.07, 6.45) is -5.42. The van der Waals surface area contributed by atoms with E-state index in [9.17, 15) is 19.5 Å². The number of hydrogen-bond acceptors (Lipinski definition) is 11. The Balaban J connectivity index is 1.34. The number of carbonyl (C=O) groups excluding carboxylic acids is 3. The minimum absolute atomic E-state index is 0.0232. The molecule has 15 heteroatoms. The van der Waals surface area contributed by atoms with E-state index in [-0.39, 0.29) is 41.2 Å². The van der Waals surface area contributed by atoms with E-state index in [0.29, 0.717) is 16.8 Å². The van der Waals surface area contributed by atoms with Crippen LogP contribution in [0.25, 0.3) is 11.2 Å². The van der Waals surface area contributed by atoms with Crippen LogP contribution in [0.5, 0.6) is 0 Å². The van der Waals surface area contributed by atoms with E-state index in [0.717, 1.165) is 5.56 Å². The molecule has 2 aromatic carbocycles. The van der Waals surface area contributed by atoms with Crippen LogP contribution in [0.4, 0.5) is 15.9 Å². The molecule has 1 aliphatic rings. The highest BCUT2D eigenvalue weighted by Crippen LogP contribution is 2.35. The summed E-state index contributed by atoms with van der Waals surface area (Å²) >= 11 is 5.92. The lowest BCUT2D eigenvalue weighted by molar-refractivity contribution is -0.183. The fraction of sp³-hybridized carbons (Fsp3) is 0.355. The van der Waals surface area contributed by atoms with Crippen molar-refractivity contribution in [1.82, 2.24) is 19.5 Å². The average molecular weight is 655 g/mol. The number of aryl methyl sites for hydroxylation is 1. The second-order valence-electron chi connectivity index (χ2n) is 10.8. The van der Waals surface area contributed by atoms with Crippen LogP contribution in [0, 0.1) is 6.92 Å². The van der Waals surface area contributed by atoms with Crippen LogP contribution in [0.15, 0.2) is 54.9 Å². The zero-order valence-corrected chi connectivity index (χ0v) is 25.9. The molecule has 0 spiro atoms. The number of imidazole rings is 1. The molecule has 1 fully saturated rings. The van der Waals surface area contributed by atoms with Crippen molar-refractivity contribution in [3.63, 3.8) is 0 Å². The maximum absolute atomic E-state index is 15.4. The van der Waals surface area contributed by atoms with E-state index in [2.05, 4.69) is 20.3 Å². The Morgan fingerprint density at radius 3 is 2.57 bits per heavy atom. The summed E-state index contributed by atoms with van der Waals surface area (Å²) < 4.78 is 33.6. The first-order valence-corrected chi connectivity index (χ1v) is 14.7. The maximum Gasteiger partial charge on any atom is 0.346 e. The van der Waals surface area contributed by atoms with Crippen LogP contribution in [-0.2, 0) is 30.2 Å². The molecule has 13 nitrogen and oxygen atoms in total. The largest absolute Gasteiger partial charge is 0.463 e. The number of aliphatic hydroxyl groups is 1. The number of nitrogens with zero attached hydrogens (tertiary/aromatic N) is 4. The molecule has 3 heterocycles. The van der Waals surface area contributed by atoms with Crippen molar-refractivity contribution in [3.05, 3.63) is 76.8 Å². The number of carbonyl (C=O) groups is 3. The molecule has 5 atom stereocenters. The summed E-state index contributed by atoms with van der Waals surface area (Å²) in [6.45, 7) is 3.99. The van der Waals surface area contributed by atoms with E-state index in [1.807, 2.05) is 19.1 Å². The molecule has 0 saturated carbocycles. The third kappa shape index (κ3) is 6.42. The summed E-state index contributed by atoms with van der Waals surface area (Å²) in [5.41, 5.74) is 6.28. The van der Waals surface area contributed by atoms with Gasteiger partial charge in [-0.3, -0.25) is 14.2 Å². The van der Waals surface area contributed by atoms with E-state index >= 15 is 4.39 Å². The minimum atomic E-state index is -2.15. The molecule has 4 aromatic rings. The summed E-state index contributed by atoms with van der Waals surface area (Å²) in [5, 5.41) is 13.4. The Labute approximate surface area is 267 Å². The first kappa shape index (κ1) is 32.9. The Hall–Kier alpha value is -4.50. The number of anilines is 2. The highest BCUT2D eigenvalue weighted by atomic mass is 35.5. The van der Waals surface area contributed by atoms with Gasteiger partial charge < -0.3 is 30.4 Å². The number of aliphatic hydroxyl groups excluding tert-OH is 1. The molecule has 5 rings (SSSR count). The lowest BCUT2D eigenvalue weighted by Crippen LogP contribution is -2.52. The Morgan fingerprint density at radius 1 is 1.17 bits per heavy atom. The number of nitrogen functional groups attached to an aromatic ring is 1. The topological polar surface area (TPSA) is 181 Å². The molecule has 2 aromatic heterocycles. The summed E-state index contributed by atoms with van der Waals surface area (Å²) in [7, 11) is 0. The molecule has 4 N–H and O–H groups in total. The van der Waals surface area contributed by atoms with Gasteiger partial charge in [0.05, 0.1) is 19.5 Å². The Bertz CT molecular complexity index is 1770. The number of benzene rings is 2. The minimum Gasteiger partial charge on any atom is -0.463 e. The highest BCUT2D eigenvalue weighted by molar-refractivity contribution is 6.28. The van der Waals surface area contributed by atoms with Crippen LogP contribution in [0.2, 0.25) is 5.28 Å². The number of nitrogens with two attached hydrogens (primary N) is 1. The number of hydrogen-bond donors (Lipinski definition) is 3. The van der Waals surface area contributed by atoms with Gasteiger partial charge in [0, 0.05) is 17.7 Å². The van der Waals surface area contributed by atoms with Crippen molar-refractivity contribution in [2.75, 3.05) is 24.3 Å². The summed E-state index contributed by atoms with van der Waals surface area (Å²) in [6, 6.07) is 13.7. The zero-order valence-electron chi connectivity index (χ0n) is 25.1. The van der Waals surface area contributed by atoms with Crippen LogP contribution >= 0.6 is 11.6 Å². The Morgan fingerprint density at radius 2 is 1.89 bits per heavy atom. The van der Waals surface area contributed by atoms with Gasteiger partial charge in [-0.15, -0.1) is 0 Å². The van der Waals surface area contributed by atoms with Gasteiger partial charge in [-0.1, -0.05) is 30.3 Å². The molecule has 46 heavy (non-hydrogen) atoms. The number of alkyl halides is 1. The van der Waals surface area contributed by atoms with Crippen molar-refractivity contribution in [3.8, 4) is 0 Å². The van der Waals surface area contributed by atoms with Crippen LogP contribution in [0.1, 0.15) is 41.6 Å². The van der Waals surface area contributed by atoms with Crippen molar-refractivity contribution >= 4 is 51.9 Å². The highest BCUT2D eigenvalue weighted by Gasteiger charge is 2.51. The fourth-order valence-electron chi connectivity index (χ4n) is 5.21. The quantitative estimate of drug-likeness (QED) is 0.123. The lowest BCUT2D eigenvalue weighted by Gasteiger charge is -2.30. The van der Waals surface area contributed by atoms with Gasteiger partial charge in [0.2, 0.25) is 10.9 Å². The molecule has 1 saturated heterocycles. The van der Waals surface area contributed by atoms with Gasteiger partial charge in [0.25, 0.3) is 5.91 Å². The number of amides is 1. The van der Waals surface area contributed by atoms with E-state index in [1.54, 1.807) is 43.3 Å². The van der Waals surface area contributed by atoms with Gasteiger partial charge in [-0.2, -0.15) is 9.97 Å². The number of Topliss-reactive ketones (excluding diaryl/α,β-unsaturated/α-hetero) is 1. The smallest absolute Gasteiger partial charge is 0.346 e. The molecule has 242 valence electrons. The molecular weight excluding hydrogens is 623 g/mol. The lowest BCUT2D eigenvalue weighted by atomic mass is 9.90. The standard InChI is InChI=1S/C31H32ClFN6O7/c1-4-44-29(43)31(17(3)40,13-18-9-11-19(12-10-18)36-27(42)20-8-6-5-7-16(20)2)45-14-21-24(41)22(33)28(46-21)39-15-35-23-25(34)37-30(32)38-26(23)39/h5-12,15,21-22,24,28,41H,4,13-14H2,1-3H3,(H,36,42)(H2,34,37,38)/t21-,22+,24-,28-,31?/m1/s1. The molecule has 0 bridgehead atoms. The van der Waals surface area contributed by atoms with Gasteiger partial charge >= 0.3 is 5.97 Å². The van der Waals surface area contributed by atoms with Crippen molar-refractivity contribution in [1.29, 1.82) is 0 Å². The number of ketones is 1. The third-order valence-corrected chi connectivity index (χ3v) is 7.88. The van der Waals surface area contributed by atoms with Crippen LogP contribution in [-0.4, -0.2) is 79.5 Å².